The normalized spacial score (nSPS) is 16.4. The van der Waals surface area contributed by atoms with Crippen LogP contribution in [0.3, 0.4) is 0 Å². The molecule has 134 valence electrons. The summed E-state index contributed by atoms with van der Waals surface area (Å²) >= 11 is 1.86. The summed E-state index contributed by atoms with van der Waals surface area (Å²) in [5.41, 5.74) is 2.10. The number of hydrogen-bond donors (Lipinski definition) is 2. The standard InChI is InChI=1S/C19H25FN4S/c1-14(24-9-7-18-16(13-24)8-10-25-18)11-22-19(21-2)23-12-15-5-3-4-6-17(15)20/h3-6,8,10,14H,7,9,11-13H2,1-2H3,(H2,21,22,23). The number of nitrogens with one attached hydrogen (secondary N) is 2. The molecule has 1 unspecified atom stereocenters. The first kappa shape index (κ1) is 17.9. The van der Waals surface area contributed by atoms with Gasteiger partial charge in [-0.1, -0.05) is 18.2 Å². The van der Waals surface area contributed by atoms with Crippen LogP contribution in [0, 0.1) is 5.82 Å². The molecule has 1 aliphatic heterocycles. The molecular formula is C19H25FN4S. The van der Waals surface area contributed by atoms with Crippen LogP contribution in [0.4, 0.5) is 4.39 Å². The lowest BCUT2D eigenvalue weighted by molar-refractivity contribution is 0.192. The van der Waals surface area contributed by atoms with Crippen molar-refractivity contribution in [1.82, 2.24) is 15.5 Å². The minimum Gasteiger partial charge on any atom is -0.355 e. The minimum atomic E-state index is -0.196. The highest BCUT2D eigenvalue weighted by atomic mass is 32.1. The second-order valence-corrected chi connectivity index (χ2v) is 7.34. The zero-order valence-corrected chi connectivity index (χ0v) is 15.6. The van der Waals surface area contributed by atoms with Gasteiger partial charge in [0.05, 0.1) is 0 Å². The van der Waals surface area contributed by atoms with Crippen molar-refractivity contribution in [3.8, 4) is 0 Å². The number of fused-ring (bicyclic) bond motifs is 1. The number of rotatable bonds is 5. The first-order valence-electron chi connectivity index (χ1n) is 8.64. The molecule has 0 bridgehead atoms. The van der Waals surface area contributed by atoms with Gasteiger partial charge in [-0.05, 0) is 36.4 Å². The van der Waals surface area contributed by atoms with Crippen molar-refractivity contribution in [2.75, 3.05) is 20.1 Å². The van der Waals surface area contributed by atoms with Crippen LogP contribution < -0.4 is 10.6 Å². The summed E-state index contributed by atoms with van der Waals surface area (Å²) in [7, 11) is 1.74. The van der Waals surface area contributed by atoms with E-state index in [1.807, 2.05) is 17.4 Å². The maximum atomic E-state index is 13.7. The maximum absolute atomic E-state index is 13.7. The van der Waals surface area contributed by atoms with Gasteiger partial charge in [-0.15, -0.1) is 11.3 Å². The fraction of sp³-hybridized carbons (Fsp3) is 0.421. The Labute approximate surface area is 152 Å². The Kier molecular flexibility index (Phi) is 6.04. The van der Waals surface area contributed by atoms with Crippen molar-refractivity contribution >= 4 is 17.3 Å². The third-order valence-corrected chi connectivity index (χ3v) is 5.68. The lowest BCUT2D eigenvalue weighted by Crippen LogP contribution is -2.47. The van der Waals surface area contributed by atoms with E-state index in [9.17, 15) is 4.39 Å². The molecule has 1 aromatic heterocycles. The van der Waals surface area contributed by atoms with Gasteiger partial charge in [0.15, 0.2) is 5.96 Å². The first-order chi connectivity index (χ1) is 12.2. The SMILES string of the molecule is CN=C(NCc1ccccc1F)NCC(C)N1CCc2sccc2C1. The minimum absolute atomic E-state index is 0.196. The number of nitrogens with zero attached hydrogens (tertiary/aromatic N) is 2. The molecule has 0 fully saturated rings. The van der Waals surface area contributed by atoms with Crippen LogP contribution in [-0.2, 0) is 19.5 Å². The largest absolute Gasteiger partial charge is 0.355 e. The van der Waals surface area contributed by atoms with Crippen LogP contribution >= 0.6 is 11.3 Å². The Morgan fingerprint density at radius 2 is 2.16 bits per heavy atom. The average molecular weight is 361 g/mol. The zero-order valence-electron chi connectivity index (χ0n) is 14.8. The van der Waals surface area contributed by atoms with Crippen LogP contribution in [0.25, 0.3) is 0 Å². The third-order valence-electron chi connectivity index (χ3n) is 4.65. The van der Waals surface area contributed by atoms with Gasteiger partial charge in [0.1, 0.15) is 5.82 Å². The Balaban J connectivity index is 1.47. The van der Waals surface area contributed by atoms with Crippen molar-refractivity contribution in [3.63, 3.8) is 0 Å². The van der Waals surface area contributed by atoms with Crippen molar-refractivity contribution in [1.29, 1.82) is 0 Å². The number of aliphatic imine (C=N–C) groups is 1. The lowest BCUT2D eigenvalue weighted by Gasteiger charge is -2.32. The molecule has 0 spiro atoms. The van der Waals surface area contributed by atoms with E-state index < -0.39 is 0 Å². The molecule has 25 heavy (non-hydrogen) atoms. The van der Waals surface area contributed by atoms with Gasteiger partial charge in [-0.2, -0.15) is 0 Å². The van der Waals surface area contributed by atoms with Crippen molar-refractivity contribution < 1.29 is 4.39 Å². The fourth-order valence-electron chi connectivity index (χ4n) is 3.06. The van der Waals surface area contributed by atoms with Gasteiger partial charge in [-0.3, -0.25) is 9.89 Å². The molecule has 0 aliphatic carbocycles. The average Bonchev–Trinajstić information content (AvgIpc) is 3.10. The van der Waals surface area contributed by atoms with E-state index in [0.29, 0.717) is 24.1 Å². The molecule has 0 saturated carbocycles. The molecule has 4 nitrogen and oxygen atoms in total. The van der Waals surface area contributed by atoms with Crippen molar-refractivity contribution in [3.05, 3.63) is 57.5 Å². The molecule has 1 aliphatic rings. The molecule has 0 amide bonds. The second kappa shape index (κ2) is 8.45. The number of hydrogen-bond acceptors (Lipinski definition) is 3. The van der Waals surface area contributed by atoms with Gasteiger partial charge in [0.2, 0.25) is 0 Å². The molecule has 3 rings (SSSR count). The number of benzene rings is 1. The second-order valence-electron chi connectivity index (χ2n) is 6.34. The Morgan fingerprint density at radius 1 is 1.32 bits per heavy atom. The van der Waals surface area contributed by atoms with Crippen molar-refractivity contribution in [2.24, 2.45) is 4.99 Å². The molecular weight excluding hydrogens is 335 g/mol. The van der Waals surface area contributed by atoms with Gasteiger partial charge in [-0.25, -0.2) is 4.39 Å². The molecule has 2 aromatic rings. The number of halogens is 1. The summed E-state index contributed by atoms with van der Waals surface area (Å²) in [6.07, 6.45) is 1.14. The van der Waals surface area contributed by atoms with Crippen LogP contribution in [-0.4, -0.2) is 37.0 Å². The quantitative estimate of drug-likeness (QED) is 0.636. The Bertz CT molecular complexity index is 728. The van der Waals surface area contributed by atoms with E-state index in [1.54, 1.807) is 19.2 Å². The highest BCUT2D eigenvalue weighted by molar-refractivity contribution is 7.10. The van der Waals surface area contributed by atoms with E-state index in [-0.39, 0.29) is 5.82 Å². The summed E-state index contributed by atoms with van der Waals surface area (Å²) < 4.78 is 13.7. The van der Waals surface area contributed by atoms with E-state index in [1.165, 1.54) is 16.5 Å². The molecule has 0 saturated heterocycles. The maximum Gasteiger partial charge on any atom is 0.191 e. The summed E-state index contributed by atoms with van der Waals surface area (Å²) in [4.78, 5) is 8.25. The molecule has 6 heteroatoms. The van der Waals surface area contributed by atoms with Gasteiger partial charge in [0.25, 0.3) is 0 Å². The van der Waals surface area contributed by atoms with E-state index in [4.69, 9.17) is 0 Å². The molecule has 1 atom stereocenters. The predicted octanol–water partition coefficient (Wildman–Crippen LogP) is 3.00. The van der Waals surface area contributed by atoms with E-state index >= 15 is 0 Å². The Hall–Kier alpha value is -1.92. The summed E-state index contributed by atoms with van der Waals surface area (Å²) in [6.45, 7) is 5.56. The zero-order chi connectivity index (χ0) is 17.6. The highest BCUT2D eigenvalue weighted by Crippen LogP contribution is 2.24. The van der Waals surface area contributed by atoms with Crippen LogP contribution in [0.5, 0.6) is 0 Å². The lowest BCUT2D eigenvalue weighted by atomic mass is 10.1. The van der Waals surface area contributed by atoms with E-state index in [0.717, 1.165) is 26.1 Å². The highest BCUT2D eigenvalue weighted by Gasteiger charge is 2.21. The van der Waals surface area contributed by atoms with Crippen LogP contribution in [0.1, 0.15) is 22.9 Å². The molecule has 1 aromatic carbocycles. The smallest absolute Gasteiger partial charge is 0.191 e. The summed E-state index contributed by atoms with van der Waals surface area (Å²) in [5, 5.41) is 8.72. The van der Waals surface area contributed by atoms with Crippen LogP contribution in [0.15, 0.2) is 40.7 Å². The molecule has 2 heterocycles. The molecule has 2 N–H and O–H groups in total. The van der Waals surface area contributed by atoms with Gasteiger partial charge in [0, 0.05) is 49.7 Å². The third kappa shape index (κ3) is 4.58. The molecule has 0 radical (unpaired) electrons. The van der Waals surface area contributed by atoms with E-state index in [2.05, 4.69) is 38.9 Å². The predicted molar refractivity (Wildman–Crippen MR) is 102 cm³/mol. The monoisotopic (exact) mass is 360 g/mol. The van der Waals surface area contributed by atoms with Gasteiger partial charge >= 0.3 is 0 Å². The number of guanidine groups is 1. The summed E-state index contributed by atoms with van der Waals surface area (Å²) in [6, 6.07) is 9.44. The fourth-order valence-corrected chi connectivity index (χ4v) is 3.95. The first-order valence-corrected chi connectivity index (χ1v) is 9.52. The summed E-state index contributed by atoms with van der Waals surface area (Å²) in [5.74, 6) is 0.502. The van der Waals surface area contributed by atoms with Crippen molar-refractivity contribution in [2.45, 2.75) is 32.5 Å². The Morgan fingerprint density at radius 3 is 2.96 bits per heavy atom. The topological polar surface area (TPSA) is 39.7 Å². The van der Waals surface area contributed by atoms with Gasteiger partial charge < -0.3 is 10.6 Å². The number of thiophene rings is 1. The van der Waals surface area contributed by atoms with Crippen LogP contribution in [0.2, 0.25) is 0 Å².